The van der Waals surface area contributed by atoms with Crippen LogP contribution < -0.4 is 4.72 Å². The van der Waals surface area contributed by atoms with E-state index in [9.17, 15) is 13.2 Å². The monoisotopic (exact) mass is 402 g/mol. The molecule has 0 aromatic heterocycles. The van der Waals surface area contributed by atoms with Crippen LogP contribution in [0.4, 0.5) is 0 Å². The molecule has 0 aliphatic carbocycles. The van der Waals surface area contributed by atoms with Crippen molar-refractivity contribution in [3.8, 4) is 0 Å². The Kier molecular flexibility index (Phi) is 6.49. The van der Waals surface area contributed by atoms with Gasteiger partial charge < -0.3 is 9.64 Å². The van der Waals surface area contributed by atoms with Crippen LogP contribution in [-0.2, 0) is 32.5 Å². The van der Waals surface area contributed by atoms with Crippen molar-refractivity contribution in [2.75, 3.05) is 20.3 Å². The third-order valence-corrected chi connectivity index (χ3v) is 6.54. The number of fused-ring (bicyclic) bond motifs is 1. The van der Waals surface area contributed by atoms with Crippen molar-refractivity contribution < 1.29 is 17.9 Å². The molecule has 1 heterocycles. The smallest absolute Gasteiger partial charge is 0.241 e. The molecule has 1 atom stereocenters. The van der Waals surface area contributed by atoms with Crippen molar-refractivity contribution in [3.05, 3.63) is 65.2 Å². The Morgan fingerprint density at radius 1 is 1.18 bits per heavy atom. The highest BCUT2D eigenvalue weighted by Gasteiger charge is 2.24. The van der Waals surface area contributed by atoms with E-state index in [4.69, 9.17) is 4.74 Å². The molecule has 7 heteroatoms. The van der Waals surface area contributed by atoms with E-state index in [1.165, 1.54) is 0 Å². The standard InChI is InChI=1S/C21H26N2O4S/c1-16(17-6-4-3-5-7-17)22-28(25,26)20-9-8-19-15-23(12-10-18(19)14-20)21(24)11-13-27-2/h3-9,14,16,22H,10-13,15H2,1-2H3/t16-/m1/s1. The number of amides is 1. The molecule has 0 bridgehead atoms. The van der Waals surface area contributed by atoms with E-state index in [0.29, 0.717) is 32.5 Å². The van der Waals surface area contributed by atoms with Crippen molar-refractivity contribution in [2.45, 2.75) is 37.2 Å². The summed E-state index contributed by atoms with van der Waals surface area (Å²) in [6.07, 6.45) is 1.01. The molecule has 0 radical (unpaired) electrons. The number of hydrogen-bond donors (Lipinski definition) is 1. The van der Waals surface area contributed by atoms with E-state index in [1.807, 2.05) is 43.3 Å². The number of ether oxygens (including phenoxy) is 1. The summed E-state index contributed by atoms with van der Waals surface area (Å²) in [6, 6.07) is 14.3. The first-order valence-electron chi connectivity index (χ1n) is 9.36. The van der Waals surface area contributed by atoms with Gasteiger partial charge in [-0.3, -0.25) is 4.79 Å². The van der Waals surface area contributed by atoms with Crippen molar-refractivity contribution in [1.82, 2.24) is 9.62 Å². The molecule has 0 unspecified atom stereocenters. The van der Waals surface area contributed by atoms with Gasteiger partial charge in [0.05, 0.1) is 17.9 Å². The zero-order valence-corrected chi connectivity index (χ0v) is 17.0. The van der Waals surface area contributed by atoms with Crippen LogP contribution in [0, 0.1) is 0 Å². The second-order valence-electron chi connectivity index (χ2n) is 6.99. The molecule has 1 aliphatic heterocycles. The first kappa shape index (κ1) is 20.5. The lowest BCUT2D eigenvalue weighted by molar-refractivity contribution is -0.133. The van der Waals surface area contributed by atoms with Gasteiger partial charge in [-0.25, -0.2) is 13.1 Å². The average Bonchev–Trinajstić information content (AvgIpc) is 2.71. The molecule has 1 N–H and O–H groups in total. The molecule has 0 spiro atoms. The largest absolute Gasteiger partial charge is 0.384 e. The Labute approximate surface area is 166 Å². The van der Waals surface area contributed by atoms with Gasteiger partial charge in [0.1, 0.15) is 0 Å². The van der Waals surface area contributed by atoms with Crippen LogP contribution in [-0.4, -0.2) is 39.5 Å². The molecule has 2 aromatic rings. The van der Waals surface area contributed by atoms with Gasteiger partial charge in [-0.2, -0.15) is 0 Å². The summed E-state index contributed by atoms with van der Waals surface area (Å²) in [6.45, 7) is 3.33. The molecule has 28 heavy (non-hydrogen) atoms. The van der Waals surface area contributed by atoms with Gasteiger partial charge in [0.15, 0.2) is 0 Å². The Morgan fingerprint density at radius 3 is 2.64 bits per heavy atom. The minimum absolute atomic E-state index is 0.0579. The summed E-state index contributed by atoms with van der Waals surface area (Å²) in [5.41, 5.74) is 2.88. The number of methoxy groups -OCH3 is 1. The summed E-state index contributed by atoms with van der Waals surface area (Å²) in [4.78, 5) is 14.2. The maximum Gasteiger partial charge on any atom is 0.241 e. The highest BCUT2D eigenvalue weighted by molar-refractivity contribution is 7.89. The average molecular weight is 403 g/mol. The summed E-state index contributed by atoms with van der Waals surface area (Å²) >= 11 is 0. The molecular weight excluding hydrogens is 376 g/mol. The lowest BCUT2D eigenvalue weighted by Crippen LogP contribution is -2.36. The predicted octanol–water partition coefficient (Wildman–Crippen LogP) is 2.65. The Balaban J connectivity index is 1.72. The minimum Gasteiger partial charge on any atom is -0.384 e. The number of carbonyl (C=O) groups is 1. The lowest BCUT2D eigenvalue weighted by Gasteiger charge is -2.29. The van der Waals surface area contributed by atoms with Crippen LogP contribution in [0.5, 0.6) is 0 Å². The molecule has 1 aliphatic rings. The molecule has 0 saturated heterocycles. The number of benzene rings is 2. The maximum absolute atomic E-state index is 12.8. The molecule has 150 valence electrons. The van der Waals surface area contributed by atoms with Gasteiger partial charge in [0.2, 0.25) is 15.9 Å². The van der Waals surface area contributed by atoms with E-state index < -0.39 is 10.0 Å². The van der Waals surface area contributed by atoms with Crippen LogP contribution in [0.15, 0.2) is 53.4 Å². The molecule has 2 aromatic carbocycles. The van der Waals surface area contributed by atoms with Crippen molar-refractivity contribution in [2.24, 2.45) is 0 Å². The van der Waals surface area contributed by atoms with Gasteiger partial charge in [-0.15, -0.1) is 0 Å². The third-order valence-electron chi connectivity index (χ3n) is 5.00. The van der Waals surface area contributed by atoms with Gasteiger partial charge in [0, 0.05) is 26.2 Å². The fourth-order valence-corrected chi connectivity index (χ4v) is 4.65. The van der Waals surface area contributed by atoms with E-state index in [-0.39, 0.29) is 16.8 Å². The number of nitrogens with one attached hydrogen (secondary N) is 1. The number of hydrogen-bond acceptors (Lipinski definition) is 4. The van der Waals surface area contributed by atoms with E-state index in [2.05, 4.69) is 4.72 Å². The van der Waals surface area contributed by atoms with Crippen molar-refractivity contribution in [1.29, 1.82) is 0 Å². The number of carbonyl (C=O) groups excluding carboxylic acids is 1. The highest BCUT2D eigenvalue weighted by Crippen LogP contribution is 2.24. The number of nitrogens with zero attached hydrogens (tertiary/aromatic N) is 1. The minimum atomic E-state index is -3.63. The Bertz CT molecular complexity index is 929. The van der Waals surface area contributed by atoms with Crippen LogP contribution in [0.3, 0.4) is 0 Å². The van der Waals surface area contributed by atoms with Crippen molar-refractivity contribution >= 4 is 15.9 Å². The summed E-state index contributed by atoms with van der Waals surface area (Å²) < 4.78 is 33.3. The normalized spacial score (nSPS) is 15.1. The number of rotatable bonds is 7. The second-order valence-corrected chi connectivity index (χ2v) is 8.71. The lowest BCUT2D eigenvalue weighted by atomic mass is 10.00. The zero-order chi connectivity index (χ0) is 20.1. The molecule has 0 saturated carbocycles. The van der Waals surface area contributed by atoms with Crippen LogP contribution in [0.25, 0.3) is 0 Å². The molecule has 6 nitrogen and oxygen atoms in total. The Morgan fingerprint density at radius 2 is 1.93 bits per heavy atom. The zero-order valence-electron chi connectivity index (χ0n) is 16.2. The van der Waals surface area contributed by atoms with Gasteiger partial charge in [-0.05, 0) is 42.2 Å². The summed E-state index contributed by atoms with van der Waals surface area (Å²) in [7, 11) is -2.05. The van der Waals surface area contributed by atoms with E-state index >= 15 is 0 Å². The van der Waals surface area contributed by atoms with Gasteiger partial charge in [-0.1, -0.05) is 36.4 Å². The maximum atomic E-state index is 12.8. The summed E-state index contributed by atoms with van der Waals surface area (Å²) in [5.74, 6) is 0.0579. The van der Waals surface area contributed by atoms with Crippen molar-refractivity contribution in [3.63, 3.8) is 0 Å². The SMILES string of the molecule is COCCC(=O)N1CCc2cc(S(=O)(=O)N[C@H](C)c3ccccc3)ccc2C1. The molecule has 1 amide bonds. The van der Waals surface area contributed by atoms with Crippen LogP contribution in [0.2, 0.25) is 0 Å². The molecule has 0 fully saturated rings. The fraction of sp³-hybridized carbons (Fsp3) is 0.381. The fourth-order valence-electron chi connectivity index (χ4n) is 3.37. The second kappa shape index (κ2) is 8.86. The number of sulfonamides is 1. The van der Waals surface area contributed by atoms with Crippen LogP contribution >= 0.6 is 0 Å². The van der Waals surface area contributed by atoms with Gasteiger partial charge >= 0.3 is 0 Å². The predicted molar refractivity (Wildman–Crippen MR) is 107 cm³/mol. The Hall–Kier alpha value is -2.22. The van der Waals surface area contributed by atoms with Gasteiger partial charge in [0.25, 0.3) is 0 Å². The highest BCUT2D eigenvalue weighted by atomic mass is 32.2. The van der Waals surface area contributed by atoms with Crippen LogP contribution in [0.1, 0.15) is 36.1 Å². The third kappa shape index (κ3) is 4.79. The first-order valence-corrected chi connectivity index (χ1v) is 10.8. The topological polar surface area (TPSA) is 75.7 Å². The quantitative estimate of drug-likeness (QED) is 0.773. The first-order chi connectivity index (χ1) is 13.4. The summed E-state index contributed by atoms with van der Waals surface area (Å²) in [5, 5.41) is 0. The molecule has 3 rings (SSSR count). The van der Waals surface area contributed by atoms with E-state index in [1.54, 1.807) is 24.1 Å². The molecular formula is C21H26N2O4S. The van der Waals surface area contributed by atoms with E-state index in [0.717, 1.165) is 16.7 Å².